The van der Waals surface area contributed by atoms with Gasteiger partial charge < -0.3 is 18.9 Å². The van der Waals surface area contributed by atoms with Crippen molar-refractivity contribution in [1.82, 2.24) is 5.01 Å². The summed E-state index contributed by atoms with van der Waals surface area (Å²) >= 11 is 2.22. The second-order valence-corrected chi connectivity index (χ2v) is 6.95. The lowest BCUT2D eigenvalue weighted by Gasteiger charge is -2.21. The standard InChI is InChI=1S/C19H19IN2O5/c1-11(23)22-19(27-18(21-22)12-6-5-7-14(20)8-12)13-9-15(24-2)17(26-4)16(10-13)25-3/h5-10,19H,1-4H3/t19-/m1/s1. The number of nitrogens with zero attached hydrogens (tertiary/aromatic N) is 2. The molecule has 0 bridgehead atoms. The Kier molecular flexibility index (Phi) is 5.73. The number of amides is 1. The second-order valence-electron chi connectivity index (χ2n) is 5.71. The van der Waals surface area contributed by atoms with Gasteiger partial charge in [0, 0.05) is 21.6 Å². The van der Waals surface area contributed by atoms with Crippen LogP contribution in [-0.4, -0.2) is 38.1 Å². The van der Waals surface area contributed by atoms with Gasteiger partial charge in [0.25, 0.3) is 0 Å². The van der Waals surface area contributed by atoms with Crippen LogP contribution in [0.4, 0.5) is 0 Å². The van der Waals surface area contributed by atoms with E-state index in [1.807, 2.05) is 24.3 Å². The van der Waals surface area contributed by atoms with Crippen molar-refractivity contribution in [3.63, 3.8) is 0 Å². The summed E-state index contributed by atoms with van der Waals surface area (Å²) in [6, 6.07) is 11.2. The van der Waals surface area contributed by atoms with Crippen LogP contribution in [0.15, 0.2) is 41.5 Å². The molecule has 27 heavy (non-hydrogen) atoms. The molecule has 0 aliphatic carbocycles. The second kappa shape index (κ2) is 8.03. The van der Waals surface area contributed by atoms with Gasteiger partial charge >= 0.3 is 0 Å². The van der Waals surface area contributed by atoms with E-state index in [-0.39, 0.29) is 5.91 Å². The van der Waals surface area contributed by atoms with E-state index >= 15 is 0 Å². The maximum absolute atomic E-state index is 12.2. The molecular formula is C19H19IN2O5. The smallest absolute Gasteiger partial charge is 0.243 e. The molecule has 0 saturated carbocycles. The van der Waals surface area contributed by atoms with Crippen LogP contribution in [0.5, 0.6) is 17.2 Å². The number of hydrazone groups is 1. The van der Waals surface area contributed by atoms with E-state index in [2.05, 4.69) is 27.7 Å². The quantitative estimate of drug-likeness (QED) is 0.610. The summed E-state index contributed by atoms with van der Waals surface area (Å²) in [6.45, 7) is 1.44. The number of hydrogen-bond donors (Lipinski definition) is 0. The van der Waals surface area contributed by atoms with Crippen molar-refractivity contribution in [3.8, 4) is 17.2 Å². The first-order valence-corrected chi connectivity index (χ1v) is 9.17. The molecule has 0 fully saturated rings. The van der Waals surface area contributed by atoms with Gasteiger partial charge in [-0.05, 0) is 52.9 Å². The lowest BCUT2D eigenvalue weighted by atomic mass is 10.1. The molecule has 2 aromatic rings. The van der Waals surface area contributed by atoms with E-state index in [0.29, 0.717) is 28.7 Å². The molecule has 0 aromatic heterocycles. The largest absolute Gasteiger partial charge is 0.493 e. The predicted octanol–water partition coefficient (Wildman–Crippen LogP) is 3.56. The van der Waals surface area contributed by atoms with Crippen molar-refractivity contribution < 1.29 is 23.7 Å². The lowest BCUT2D eigenvalue weighted by molar-refractivity contribution is -0.135. The first-order chi connectivity index (χ1) is 13.0. The topological polar surface area (TPSA) is 69.6 Å². The molecule has 3 rings (SSSR count). The minimum atomic E-state index is -0.732. The SMILES string of the molecule is COc1cc([C@H]2OC(c3cccc(I)c3)=NN2C(C)=O)cc(OC)c1OC. The summed E-state index contributed by atoms with van der Waals surface area (Å²) in [5.41, 5.74) is 1.45. The monoisotopic (exact) mass is 482 g/mol. The molecule has 1 heterocycles. The van der Waals surface area contributed by atoms with E-state index in [1.54, 1.807) is 12.1 Å². The van der Waals surface area contributed by atoms with Gasteiger partial charge in [0.2, 0.25) is 23.8 Å². The Labute approximate surface area is 171 Å². The number of hydrogen-bond acceptors (Lipinski definition) is 6. The zero-order valence-electron chi connectivity index (χ0n) is 15.4. The number of methoxy groups -OCH3 is 3. The normalized spacial score (nSPS) is 15.8. The van der Waals surface area contributed by atoms with Gasteiger partial charge in [-0.25, -0.2) is 0 Å². The van der Waals surface area contributed by atoms with E-state index in [0.717, 1.165) is 9.13 Å². The molecule has 1 aliphatic heterocycles. The first kappa shape index (κ1) is 19.3. The van der Waals surface area contributed by atoms with Crippen LogP contribution < -0.4 is 14.2 Å². The molecule has 1 aliphatic rings. The Morgan fingerprint density at radius 3 is 2.30 bits per heavy atom. The van der Waals surface area contributed by atoms with E-state index in [1.165, 1.54) is 33.3 Å². The van der Waals surface area contributed by atoms with E-state index in [9.17, 15) is 4.79 Å². The van der Waals surface area contributed by atoms with Crippen molar-refractivity contribution in [2.45, 2.75) is 13.2 Å². The van der Waals surface area contributed by atoms with Crippen LogP contribution >= 0.6 is 22.6 Å². The van der Waals surface area contributed by atoms with Gasteiger partial charge in [0.15, 0.2) is 11.5 Å². The minimum absolute atomic E-state index is 0.241. The van der Waals surface area contributed by atoms with Gasteiger partial charge in [-0.3, -0.25) is 4.79 Å². The molecule has 7 nitrogen and oxygen atoms in total. The van der Waals surface area contributed by atoms with Crippen molar-refractivity contribution in [2.75, 3.05) is 21.3 Å². The highest BCUT2D eigenvalue weighted by Gasteiger charge is 2.34. The Morgan fingerprint density at radius 2 is 1.78 bits per heavy atom. The highest BCUT2D eigenvalue weighted by molar-refractivity contribution is 14.1. The molecule has 0 spiro atoms. The fraction of sp³-hybridized carbons (Fsp3) is 0.263. The average molecular weight is 482 g/mol. The van der Waals surface area contributed by atoms with Crippen molar-refractivity contribution in [2.24, 2.45) is 5.10 Å². The number of ether oxygens (including phenoxy) is 4. The molecule has 1 amide bonds. The molecule has 0 radical (unpaired) electrons. The van der Waals surface area contributed by atoms with Gasteiger partial charge in [0.1, 0.15) is 0 Å². The molecule has 8 heteroatoms. The summed E-state index contributed by atoms with van der Waals surface area (Å²) in [7, 11) is 4.60. The minimum Gasteiger partial charge on any atom is -0.493 e. The predicted molar refractivity (Wildman–Crippen MR) is 108 cm³/mol. The van der Waals surface area contributed by atoms with E-state index in [4.69, 9.17) is 18.9 Å². The molecule has 0 saturated heterocycles. The molecule has 0 unspecified atom stereocenters. The third-order valence-corrected chi connectivity index (χ3v) is 4.68. The fourth-order valence-corrected chi connectivity index (χ4v) is 3.31. The summed E-state index contributed by atoms with van der Waals surface area (Å²) in [4.78, 5) is 12.2. The van der Waals surface area contributed by atoms with Gasteiger partial charge in [0.05, 0.1) is 21.3 Å². The number of benzene rings is 2. The van der Waals surface area contributed by atoms with Crippen LogP contribution in [0.25, 0.3) is 0 Å². The van der Waals surface area contributed by atoms with Gasteiger partial charge in [-0.15, -0.1) is 5.10 Å². The van der Waals surface area contributed by atoms with Gasteiger partial charge in [-0.1, -0.05) is 6.07 Å². The Hall–Kier alpha value is -2.49. The molecule has 0 N–H and O–H groups in total. The molecule has 2 aromatic carbocycles. The zero-order chi connectivity index (χ0) is 19.6. The maximum atomic E-state index is 12.2. The third-order valence-electron chi connectivity index (χ3n) is 4.01. The number of halogens is 1. The van der Waals surface area contributed by atoms with Crippen LogP contribution in [0.1, 0.15) is 24.3 Å². The molecule has 1 atom stereocenters. The van der Waals surface area contributed by atoms with Crippen LogP contribution in [0, 0.1) is 3.57 Å². The summed E-state index contributed by atoms with van der Waals surface area (Å²) < 4.78 is 23.2. The Morgan fingerprint density at radius 1 is 1.11 bits per heavy atom. The Balaban J connectivity index is 2.03. The zero-order valence-corrected chi connectivity index (χ0v) is 17.5. The lowest BCUT2D eigenvalue weighted by Crippen LogP contribution is -2.25. The Bertz CT molecular complexity index is 874. The van der Waals surface area contributed by atoms with E-state index < -0.39 is 6.23 Å². The summed E-state index contributed by atoms with van der Waals surface area (Å²) in [5.74, 6) is 1.55. The van der Waals surface area contributed by atoms with Crippen LogP contribution in [0.3, 0.4) is 0 Å². The summed E-state index contributed by atoms with van der Waals surface area (Å²) in [6.07, 6.45) is -0.732. The van der Waals surface area contributed by atoms with Crippen LogP contribution in [0.2, 0.25) is 0 Å². The fourth-order valence-electron chi connectivity index (χ4n) is 2.77. The van der Waals surface area contributed by atoms with Crippen molar-refractivity contribution in [1.29, 1.82) is 0 Å². The first-order valence-electron chi connectivity index (χ1n) is 8.09. The maximum Gasteiger partial charge on any atom is 0.243 e. The highest BCUT2D eigenvalue weighted by atomic mass is 127. The van der Waals surface area contributed by atoms with Crippen molar-refractivity contribution >= 4 is 34.4 Å². The number of rotatable bonds is 5. The van der Waals surface area contributed by atoms with Crippen molar-refractivity contribution in [3.05, 3.63) is 51.1 Å². The average Bonchev–Trinajstić information content (AvgIpc) is 3.12. The third kappa shape index (κ3) is 3.80. The van der Waals surface area contributed by atoms with Gasteiger partial charge in [-0.2, -0.15) is 5.01 Å². The van der Waals surface area contributed by atoms with Crippen LogP contribution in [-0.2, 0) is 9.53 Å². The summed E-state index contributed by atoms with van der Waals surface area (Å²) in [5, 5.41) is 5.67. The molecule has 142 valence electrons. The molecular weight excluding hydrogens is 463 g/mol. The number of carbonyl (C=O) groups is 1. The number of carbonyl (C=O) groups excluding carboxylic acids is 1. The highest BCUT2D eigenvalue weighted by Crippen LogP contribution is 2.42.